The topological polar surface area (TPSA) is 133 Å². The summed E-state index contributed by atoms with van der Waals surface area (Å²) in [6, 6.07) is -0.320. The average Bonchev–Trinajstić information content (AvgIpc) is 2.93. The number of esters is 1. The molecule has 3 atom stereocenters. The number of hydrogen-bond acceptors (Lipinski definition) is 6. The smallest absolute Gasteiger partial charge is 0.477 e. The van der Waals surface area contributed by atoms with Crippen LogP contribution in [-0.4, -0.2) is 70.8 Å². The highest BCUT2D eigenvalue weighted by Gasteiger charge is 2.59. The molecule has 1 amide bonds. The lowest BCUT2D eigenvalue weighted by molar-refractivity contribution is -0.192. The first kappa shape index (κ1) is 19.7. The number of carboxylic acid groups (broad SMARTS) is 2. The highest BCUT2D eigenvalue weighted by atomic mass is 19.4. The molecule has 0 unspecified atom stereocenters. The summed E-state index contributed by atoms with van der Waals surface area (Å²) >= 11 is 0. The van der Waals surface area contributed by atoms with Crippen LogP contribution in [0.3, 0.4) is 0 Å². The van der Waals surface area contributed by atoms with Gasteiger partial charge in [0.2, 0.25) is 5.91 Å². The number of rotatable bonds is 3. The van der Waals surface area contributed by atoms with E-state index in [1.165, 1.54) is 12.0 Å². The van der Waals surface area contributed by atoms with Gasteiger partial charge in [-0.1, -0.05) is 0 Å². The number of carboxylic acids is 2. The third-order valence-electron chi connectivity index (χ3n) is 4.34. The van der Waals surface area contributed by atoms with Gasteiger partial charge < -0.3 is 20.3 Å². The summed E-state index contributed by atoms with van der Waals surface area (Å²) in [5.41, 5.74) is 0.452. The van der Waals surface area contributed by atoms with E-state index >= 15 is 0 Å². The minimum Gasteiger partial charge on any atom is -0.477 e. The Morgan fingerprint density at radius 3 is 2.35 bits per heavy atom. The molecule has 0 bridgehead atoms. The van der Waals surface area contributed by atoms with E-state index in [1.54, 1.807) is 0 Å². The Morgan fingerprint density at radius 2 is 1.88 bits per heavy atom. The number of β-lactam (4-membered cyclic amide) rings is 1. The van der Waals surface area contributed by atoms with Crippen LogP contribution in [0.25, 0.3) is 0 Å². The van der Waals surface area contributed by atoms with Gasteiger partial charge in [-0.05, 0) is 17.9 Å². The third-order valence-corrected chi connectivity index (χ3v) is 4.34. The molecule has 2 saturated heterocycles. The SMILES string of the molecule is COC(=O)CC1=C(C(=O)O)N2C(=O)[C@H]3NC[C@@H](C1)[C@H]32.O=C(O)C(F)(F)F. The maximum Gasteiger partial charge on any atom is 0.490 e. The first-order valence-electron chi connectivity index (χ1n) is 7.37. The Kier molecular flexibility index (Phi) is 5.26. The van der Waals surface area contributed by atoms with Crippen LogP contribution in [0.1, 0.15) is 12.8 Å². The average molecular weight is 380 g/mol. The predicted molar refractivity (Wildman–Crippen MR) is 75.5 cm³/mol. The molecule has 0 saturated carbocycles. The van der Waals surface area contributed by atoms with E-state index in [0.717, 1.165) is 0 Å². The number of amides is 1. The predicted octanol–water partition coefficient (Wildman–Crippen LogP) is -0.276. The van der Waals surface area contributed by atoms with Crippen molar-refractivity contribution in [2.75, 3.05) is 13.7 Å². The number of carbonyl (C=O) groups is 4. The molecule has 12 heteroatoms. The van der Waals surface area contributed by atoms with Gasteiger partial charge in [0.15, 0.2) is 0 Å². The maximum absolute atomic E-state index is 11.9. The second-order valence-corrected chi connectivity index (χ2v) is 5.86. The summed E-state index contributed by atoms with van der Waals surface area (Å²) in [6.07, 6.45) is -4.63. The van der Waals surface area contributed by atoms with Crippen molar-refractivity contribution in [1.29, 1.82) is 0 Å². The van der Waals surface area contributed by atoms with Gasteiger partial charge in [-0.2, -0.15) is 13.2 Å². The molecule has 0 aromatic rings. The Balaban J connectivity index is 0.000000298. The van der Waals surface area contributed by atoms with E-state index in [9.17, 15) is 32.7 Å². The monoisotopic (exact) mass is 380 g/mol. The Hall–Kier alpha value is -2.63. The molecule has 0 spiro atoms. The van der Waals surface area contributed by atoms with Gasteiger partial charge in [0.25, 0.3) is 0 Å². The van der Waals surface area contributed by atoms with Crippen molar-refractivity contribution in [2.45, 2.75) is 31.1 Å². The van der Waals surface area contributed by atoms with Crippen LogP contribution >= 0.6 is 0 Å². The number of nitrogens with one attached hydrogen (secondary N) is 1. The quantitative estimate of drug-likeness (QED) is 0.450. The van der Waals surface area contributed by atoms with E-state index in [4.69, 9.17) is 9.90 Å². The van der Waals surface area contributed by atoms with Crippen molar-refractivity contribution in [3.05, 3.63) is 11.3 Å². The van der Waals surface area contributed by atoms with Gasteiger partial charge in [0.05, 0.1) is 19.6 Å². The van der Waals surface area contributed by atoms with Crippen LogP contribution in [0.15, 0.2) is 11.3 Å². The maximum atomic E-state index is 11.9. The van der Waals surface area contributed by atoms with Crippen molar-refractivity contribution in [3.63, 3.8) is 0 Å². The van der Waals surface area contributed by atoms with Gasteiger partial charge in [-0.3, -0.25) is 14.5 Å². The minimum atomic E-state index is -5.08. The fourth-order valence-corrected chi connectivity index (χ4v) is 3.29. The van der Waals surface area contributed by atoms with E-state index < -0.39 is 24.1 Å². The molecule has 3 rings (SSSR count). The number of alkyl halides is 3. The molecule has 3 aliphatic heterocycles. The van der Waals surface area contributed by atoms with Crippen LogP contribution in [0.4, 0.5) is 13.2 Å². The number of nitrogens with zero attached hydrogens (tertiary/aromatic N) is 1. The van der Waals surface area contributed by atoms with Gasteiger partial charge >= 0.3 is 24.1 Å². The summed E-state index contributed by atoms with van der Waals surface area (Å²) in [6.45, 7) is 0.676. The molecule has 0 aliphatic carbocycles. The van der Waals surface area contributed by atoms with E-state index in [-0.39, 0.29) is 36.0 Å². The molecule has 2 fully saturated rings. The van der Waals surface area contributed by atoms with Crippen LogP contribution in [0.5, 0.6) is 0 Å². The summed E-state index contributed by atoms with van der Waals surface area (Å²) < 4.78 is 36.3. The molecule has 3 N–H and O–H groups in total. The van der Waals surface area contributed by atoms with E-state index in [2.05, 4.69) is 10.1 Å². The van der Waals surface area contributed by atoms with Crippen LogP contribution in [0, 0.1) is 5.92 Å². The van der Waals surface area contributed by atoms with Crippen LogP contribution in [-0.2, 0) is 23.9 Å². The van der Waals surface area contributed by atoms with Crippen molar-refractivity contribution in [1.82, 2.24) is 10.2 Å². The first-order chi connectivity index (χ1) is 12.0. The molecule has 0 radical (unpaired) electrons. The first-order valence-corrected chi connectivity index (χ1v) is 7.37. The molecule has 9 nitrogen and oxygen atoms in total. The summed E-state index contributed by atoms with van der Waals surface area (Å²) in [4.78, 5) is 44.9. The fraction of sp³-hybridized carbons (Fsp3) is 0.571. The summed E-state index contributed by atoms with van der Waals surface area (Å²) in [5.74, 6) is -4.43. The molecule has 144 valence electrons. The Morgan fingerprint density at radius 1 is 1.31 bits per heavy atom. The zero-order chi connectivity index (χ0) is 19.8. The summed E-state index contributed by atoms with van der Waals surface area (Å²) in [7, 11) is 1.26. The largest absolute Gasteiger partial charge is 0.490 e. The molecular weight excluding hydrogens is 365 g/mol. The molecular formula is C14H15F3N2O7. The van der Waals surface area contributed by atoms with Gasteiger partial charge in [0.1, 0.15) is 11.7 Å². The third kappa shape index (κ3) is 3.49. The lowest BCUT2D eigenvalue weighted by Crippen LogP contribution is -2.68. The second kappa shape index (κ2) is 6.94. The number of aliphatic carboxylic acids is 2. The van der Waals surface area contributed by atoms with Gasteiger partial charge in [0, 0.05) is 6.54 Å². The Labute approximate surface area is 144 Å². The van der Waals surface area contributed by atoms with E-state index in [0.29, 0.717) is 18.5 Å². The van der Waals surface area contributed by atoms with Crippen molar-refractivity contribution >= 4 is 23.8 Å². The Bertz CT molecular complexity index is 689. The molecule has 26 heavy (non-hydrogen) atoms. The number of methoxy groups -OCH3 is 1. The van der Waals surface area contributed by atoms with Gasteiger partial charge in [-0.25, -0.2) is 9.59 Å². The van der Waals surface area contributed by atoms with Gasteiger partial charge in [-0.15, -0.1) is 0 Å². The standard InChI is InChI=1S/C12H14N2O5.C2HF3O2/c1-19-7(15)3-5-2-6-4-13-8-9(6)14(11(8)16)10(5)12(17)18;3-2(4,5)1(6)7/h6,8-9,13H,2-4H2,1H3,(H,17,18);(H,6,7)/t6-,8+,9-;/m1./s1. The summed E-state index contributed by atoms with van der Waals surface area (Å²) in [5, 5.41) is 19.5. The van der Waals surface area contributed by atoms with Crippen molar-refractivity contribution in [3.8, 4) is 0 Å². The lowest BCUT2D eigenvalue weighted by Gasteiger charge is -2.48. The molecule has 3 heterocycles. The lowest BCUT2D eigenvalue weighted by atomic mass is 9.78. The zero-order valence-corrected chi connectivity index (χ0v) is 13.4. The normalized spacial score (nSPS) is 26.4. The highest BCUT2D eigenvalue weighted by Crippen LogP contribution is 2.43. The fourth-order valence-electron chi connectivity index (χ4n) is 3.29. The number of halogens is 3. The molecule has 0 aromatic carbocycles. The molecule has 0 aromatic heterocycles. The van der Waals surface area contributed by atoms with Crippen LogP contribution < -0.4 is 5.32 Å². The van der Waals surface area contributed by atoms with E-state index in [1.807, 2.05) is 0 Å². The number of hydrogen-bond donors (Lipinski definition) is 3. The minimum absolute atomic E-state index is 0.0309. The zero-order valence-electron chi connectivity index (χ0n) is 13.4. The van der Waals surface area contributed by atoms with Crippen LogP contribution in [0.2, 0.25) is 0 Å². The molecule has 3 aliphatic rings. The van der Waals surface area contributed by atoms with Crippen molar-refractivity contribution in [2.24, 2.45) is 5.92 Å². The van der Waals surface area contributed by atoms with Crippen molar-refractivity contribution < 1.29 is 47.3 Å². The number of carbonyl (C=O) groups excluding carboxylic acids is 2. The second-order valence-electron chi connectivity index (χ2n) is 5.86. The number of ether oxygens (including phenoxy) is 1. The highest BCUT2D eigenvalue weighted by molar-refractivity contribution is 6.01.